The molecule has 0 saturated carbocycles. The maximum atomic E-state index is 11.5. The van der Waals surface area contributed by atoms with E-state index in [2.05, 4.69) is 17.0 Å². The molecule has 1 aliphatic rings. The van der Waals surface area contributed by atoms with Gasteiger partial charge in [0, 0.05) is 18.5 Å². The molecule has 5 heteroatoms. The van der Waals surface area contributed by atoms with E-state index in [1.165, 1.54) is 17.5 Å². The number of aliphatic hydroxyl groups is 1. The van der Waals surface area contributed by atoms with Crippen LogP contribution in [0.15, 0.2) is 53.4 Å². The lowest BCUT2D eigenvalue weighted by Crippen LogP contribution is -2.38. The molecule has 1 heterocycles. The molecule has 0 bridgehead atoms. The number of anilines is 1. The zero-order valence-corrected chi connectivity index (χ0v) is 14.2. The molecule has 2 aromatic rings. The third-order valence-electron chi connectivity index (χ3n) is 4.39. The molecule has 3 rings (SSSR count). The summed E-state index contributed by atoms with van der Waals surface area (Å²) in [5.41, 5.74) is 2.14. The number of sulfone groups is 1. The lowest BCUT2D eigenvalue weighted by atomic mass is 9.95. The lowest BCUT2D eigenvalue weighted by Gasteiger charge is -2.31. The maximum absolute atomic E-state index is 11.5. The molecule has 1 unspecified atom stereocenters. The molecule has 1 N–H and O–H groups in total. The van der Waals surface area contributed by atoms with E-state index in [1.807, 2.05) is 12.1 Å². The minimum Gasteiger partial charge on any atom is -0.384 e. The Morgan fingerprint density at radius 1 is 1.13 bits per heavy atom. The van der Waals surface area contributed by atoms with Gasteiger partial charge in [-0.15, -0.1) is 0 Å². The Morgan fingerprint density at radius 2 is 1.78 bits per heavy atom. The van der Waals surface area contributed by atoms with Gasteiger partial charge in [0.1, 0.15) is 5.60 Å². The third-order valence-corrected chi connectivity index (χ3v) is 5.51. The summed E-state index contributed by atoms with van der Waals surface area (Å²) in [5.74, 6) is 0. The number of benzene rings is 2. The second kappa shape index (κ2) is 5.65. The van der Waals surface area contributed by atoms with Crippen LogP contribution in [0.1, 0.15) is 18.1 Å². The number of para-hydroxylation sites is 1. The smallest absolute Gasteiger partial charge is 0.175 e. The molecule has 0 amide bonds. The monoisotopic (exact) mass is 331 g/mol. The van der Waals surface area contributed by atoms with Gasteiger partial charge in [0.2, 0.25) is 0 Å². The Labute approximate surface area is 137 Å². The highest BCUT2D eigenvalue weighted by atomic mass is 32.2. The summed E-state index contributed by atoms with van der Waals surface area (Å²) in [7, 11) is -3.22. The van der Waals surface area contributed by atoms with E-state index < -0.39 is 15.4 Å². The standard InChI is InChI=1S/C18H21NO3S/c1-18(20,15-7-9-16(10-8-15)23(2,21)22)13-19-12-11-14-5-3-4-6-17(14)19/h3-10,20H,11-13H2,1-2H3. The molecule has 1 atom stereocenters. The van der Waals surface area contributed by atoms with Crippen molar-refractivity contribution in [2.45, 2.75) is 23.8 Å². The van der Waals surface area contributed by atoms with Gasteiger partial charge in [-0.1, -0.05) is 30.3 Å². The van der Waals surface area contributed by atoms with Gasteiger partial charge in [0.15, 0.2) is 9.84 Å². The number of nitrogens with zero attached hydrogens (tertiary/aromatic N) is 1. The van der Waals surface area contributed by atoms with E-state index in [1.54, 1.807) is 31.2 Å². The molecule has 4 nitrogen and oxygen atoms in total. The molecule has 1 aliphatic heterocycles. The van der Waals surface area contributed by atoms with Gasteiger partial charge in [-0.2, -0.15) is 0 Å². The quantitative estimate of drug-likeness (QED) is 0.934. The number of hydrogen-bond donors (Lipinski definition) is 1. The van der Waals surface area contributed by atoms with Gasteiger partial charge in [-0.3, -0.25) is 0 Å². The van der Waals surface area contributed by atoms with Crippen LogP contribution in [0.2, 0.25) is 0 Å². The van der Waals surface area contributed by atoms with Gasteiger partial charge in [0.25, 0.3) is 0 Å². The Kier molecular flexibility index (Phi) is 3.94. The predicted octanol–water partition coefficient (Wildman–Crippen LogP) is 2.36. The van der Waals surface area contributed by atoms with E-state index in [-0.39, 0.29) is 4.90 Å². The van der Waals surface area contributed by atoms with Crippen LogP contribution in [0.4, 0.5) is 5.69 Å². The maximum Gasteiger partial charge on any atom is 0.175 e. The van der Waals surface area contributed by atoms with Gasteiger partial charge < -0.3 is 10.0 Å². The molecule has 0 saturated heterocycles. The van der Waals surface area contributed by atoms with E-state index in [9.17, 15) is 13.5 Å². The zero-order chi connectivity index (χ0) is 16.7. The molecular weight excluding hydrogens is 310 g/mol. The van der Waals surface area contributed by atoms with Crippen molar-refractivity contribution in [3.8, 4) is 0 Å². The summed E-state index contributed by atoms with van der Waals surface area (Å²) in [4.78, 5) is 2.45. The fourth-order valence-electron chi connectivity index (χ4n) is 3.09. The van der Waals surface area contributed by atoms with Crippen molar-refractivity contribution in [2.24, 2.45) is 0 Å². The summed E-state index contributed by atoms with van der Waals surface area (Å²) >= 11 is 0. The molecule has 23 heavy (non-hydrogen) atoms. The number of rotatable bonds is 4. The number of hydrogen-bond acceptors (Lipinski definition) is 4. The molecule has 122 valence electrons. The highest BCUT2D eigenvalue weighted by molar-refractivity contribution is 7.90. The molecule has 0 aliphatic carbocycles. The summed E-state index contributed by atoms with van der Waals surface area (Å²) in [5, 5.41) is 10.9. The SMILES string of the molecule is CC(O)(CN1CCc2ccccc21)c1ccc(S(C)(=O)=O)cc1. The normalized spacial score (nSPS) is 16.9. The highest BCUT2D eigenvalue weighted by Gasteiger charge is 2.29. The highest BCUT2D eigenvalue weighted by Crippen LogP contribution is 2.31. The van der Waals surface area contributed by atoms with Crippen LogP contribution in [0.3, 0.4) is 0 Å². The average molecular weight is 331 g/mol. The number of fused-ring (bicyclic) bond motifs is 1. The van der Waals surface area contributed by atoms with Crippen LogP contribution in [-0.4, -0.2) is 32.9 Å². The van der Waals surface area contributed by atoms with Gasteiger partial charge >= 0.3 is 0 Å². The van der Waals surface area contributed by atoms with Gasteiger partial charge in [-0.05, 0) is 42.7 Å². The van der Waals surface area contributed by atoms with Crippen molar-refractivity contribution in [2.75, 3.05) is 24.2 Å². The second-order valence-electron chi connectivity index (χ2n) is 6.37. The fraction of sp³-hybridized carbons (Fsp3) is 0.333. The van der Waals surface area contributed by atoms with Crippen molar-refractivity contribution in [1.29, 1.82) is 0 Å². The van der Waals surface area contributed by atoms with Crippen molar-refractivity contribution in [3.05, 3.63) is 59.7 Å². The van der Waals surface area contributed by atoms with Gasteiger partial charge in [0.05, 0.1) is 11.4 Å². The van der Waals surface area contributed by atoms with Crippen molar-refractivity contribution in [1.82, 2.24) is 0 Å². The van der Waals surface area contributed by atoms with Crippen LogP contribution < -0.4 is 4.90 Å². The first kappa shape index (κ1) is 16.0. The Morgan fingerprint density at radius 3 is 2.43 bits per heavy atom. The molecule has 0 radical (unpaired) electrons. The van der Waals surface area contributed by atoms with Crippen molar-refractivity contribution < 1.29 is 13.5 Å². The summed E-state index contributed by atoms with van der Waals surface area (Å²) < 4.78 is 23.1. The van der Waals surface area contributed by atoms with Crippen molar-refractivity contribution >= 4 is 15.5 Å². The van der Waals surface area contributed by atoms with Crippen LogP contribution in [0.25, 0.3) is 0 Å². The molecule has 0 fully saturated rings. The summed E-state index contributed by atoms with van der Waals surface area (Å²) in [6.45, 7) is 3.13. The lowest BCUT2D eigenvalue weighted by molar-refractivity contribution is 0.0648. The predicted molar refractivity (Wildman–Crippen MR) is 91.5 cm³/mol. The van der Waals surface area contributed by atoms with Crippen LogP contribution in [0.5, 0.6) is 0 Å². The first-order valence-electron chi connectivity index (χ1n) is 7.63. The van der Waals surface area contributed by atoms with E-state index >= 15 is 0 Å². The van der Waals surface area contributed by atoms with E-state index in [0.717, 1.165) is 13.0 Å². The second-order valence-corrected chi connectivity index (χ2v) is 8.39. The largest absolute Gasteiger partial charge is 0.384 e. The minimum absolute atomic E-state index is 0.267. The fourth-order valence-corrected chi connectivity index (χ4v) is 3.73. The Bertz CT molecular complexity index is 810. The molecular formula is C18H21NO3S. The number of β-amino-alcohol motifs (C(OH)–C–C–N with tert-alkyl or cyclic N) is 1. The van der Waals surface area contributed by atoms with Crippen LogP contribution >= 0.6 is 0 Å². The first-order valence-corrected chi connectivity index (χ1v) is 9.52. The topological polar surface area (TPSA) is 57.6 Å². The Hall–Kier alpha value is -1.85. The zero-order valence-electron chi connectivity index (χ0n) is 13.4. The summed E-state index contributed by atoms with van der Waals surface area (Å²) in [6, 6.07) is 14.7. The first-order chi connectivity index (χ1) is 10.8. The van der Waals surface area contributed by atoms with Crippen LogP contribution in [0, 0.1) is 0 Å². The average Bonchev–Trinajstić information content (AvgIpc) is 2.89. The van der Waals surface area contributed by atoms with Crippen molar-refractivity contribution in [3.63, 3.8) is 0 Å². The summed E-state index contributed by atoms with van der Waals surface area (Å²) in [6.07, 6.45) is 2.17. The van der Waals surface area contributed by atoms with E-state index in [4.69, 9.17) is 0 Å². The minimum atomic E-state index is -3.22. The van der Waals surface area contributed by atoms with Gasteiger partial charge in [-0.25, -0.2) is 8.42 Å². The van der Waals surface area contributed by atoms with Crippen LogP contribution in [-0.2, 0) is 21.9 Å². The third kappa shape index (κ3) is 3.26. The Balaban J connectivity index is 1.82. The van der Waals surface area contributed by atoms with E-state index in [0.29, 0.717) is 12.1 Å². The molecule has 0 spiro atoms. The molecule has 0 aromatic heterocycles. The molecule has 2 aromatic carbocycles.